The molecule has 0 saturated carbocycles. The van der Waals surface area contributed by atoms with Gasteiger partial charge in [0, 0.05) is 38.1 Å². The number of hydrogen-bond acceptors (Lipinski definition) is 4. The molecule has 0 aliphatic carbocycles. The smallest absolute Gasteiger partial charge is 0.261 e. The van der Waals surface area contributed by atoms with Gasteiger partial charge in [-0.25, -0.2) is 0 Å². The van der Waals surface area contributed by atoms with Crippen molar-refractivity contribution in [2.24, 2.45) is 0 Å². The molecule has 24 heavy (non-hydrogen) atoms. The lowest BCUT2D eigenvalue weighted by atomic mass is 10.1. The van der Waals surface area contributed by atoms with E-state index in [9.17, 15) is 14.4 Å². The van der Waals surface area contributed by atoms with Gasteiger partial charge >= 0.3 is 0 Å². The summed E-state index contributed by atoms with van der Waals surface area (Å²) in [4.78, 5) is 39.3. The van der Waals surface area contributed by atoms with Crippen LogP contribution in [0.1, 0.15) is 31.1 Å². The summed E-state index contributed by atoms with van der Waals surface area (Å²) in [5.41, 5.74) is 2.57. The van der Waals surface area contributed by atoms with E-state index < -0.39 is 0 Å². The number of rotatable bonds is 3. The summed E-state index contributed by atoms with van der Waals surface area (Å²) < 4.78 is 0. The molecule has 6 nitrogen and oxygen atoms in total. The van der Waals surface area contributed by atoms with Crippen LogP contribution in [-0.4, -0.2) is 43.8 Å². The average Bonchev–Trinajstić information content (AvgIpc) is 2.79. The fourth-order valence-corrected chi connectivity index (χ4v) is 2.57. The summed E-state index contributed by atoms with van der Waals surface area (Å²) in [6.45, 7) is 0. The molecule has 1 N–H and O–H groups in total. The van der Waals surface area contributed by atoms with Crippen molar-refractivity contribution in [1.82, 2.24) is 4.90 Å². The topological polar surface area (TPSA) is 69.7 Å². The van der Waals surface area contributed by atoms with Gasteiger partial charge in [0.1, 0.15) is 0 Å². The van der Waals surface area contributed by atoms with Gasteiger partial charge in [0.25, 0.3) is 17.7 Å². The Morgan fingerprint density at radius 1 is 1.00 bits per heavy atom. The number of nitrogens with zero attached hydrogens (tertiary/aromatic N) is 2. The summed E-state index contributed by atoms with van der Waals surface area (Å²) in [5.74, 6) is -0.962. The molecule has 1 aliphatic rings. The van der Waals surface area contributed by atoms with Crippen LogP contribution in [0, 0.1) is 0 Å². The standard InChI is InChI=1S/C18H17N3O3/c1-20(2)13-6-4-5-11(9-13)16(22)19-12-7-8-14-15(10-12)18(24)21(3)17(14)23/h4-10H,1-3H3,(H,19,22). The van der Waals surface area contributed by atoms with Gasteiger partial charge in [0.05, 0.1) is 11.1 Å². The van der Waals surface area contributed by atoms with Gasteiger partial charge in [-0.3, -0.25) is 19.3 Å². The molecule has 1 aliphatic heterocycles. The van der Waals surface area contributed by atoms with E-state index in [4.69, 9.17) is 0 Å². The maximum absolute atomic E-state index is 12.4. The third-order valence-electron chi connectivity index (χ3n) is 3.97. The van der Waals surface area contributed by atoms with E-state index in [1.54, 1.807) is 24.3 Å². The Hall–Kier alpha value is -3.15. The fourth-order valence-electron chi connectivity index (χ4n) is 2.57. The van der Waals surface area contributed by atoms with Crippen molar-refractivity contribution in [1.29, 1.82) is 0 Å². The van der Waals surface area contributed by atoms with Crippen LogP contribution in [0.5, 0.6) is 0 Å². The van der Waals surface area contributed by atoms with E-state index in [-0.39, 0.29) is 17.7 Å². The first-order chi connectivity index (χ1) is 11.4. The molecule has 2 aromatic carbocycles. The van der Waals surface area contributed by atoms with Crippen LogP contribution in [0.3, 0.4) is 0 Å². The number of carbonyl (C=O) groups is 3. The summed E-state index contributed by atoms with van der Waals surface area (Å²) in [5, 5.41) is 2.76. The molecule has 2 aromatic rings. The van der Waals surface area contributed by atoms with Crippen molar-refractivity contribution in [3.8, 4) is 0 Å². The van der Waals surface area contributed by atoms with Crippen molar-refractivity contribution in [3.05, 3.63) is 59.2 Å². The van der Waals surface area contributed by atoms with E-state index in [2.05, 4.69) is 5.32 Å². The highest BCUT2D eigenvalue weighted by molar-refractivity contribution is 6.21. The normalized spacial score (nSPS) is 13.0. The van der Waals surface area contributed by atoms with Crippen molar-refractivity contribution in [3.63, 3.8) is 0 Å². The summed E-state index contributed by atoms with van der Waals surface area (Å²) in [6, 6.07) is 11.9. The van der Waals surface area contributed by atoms with Crippen molar-refractivity contribution in [2.75, 3.05) is 31.4 Å². The van der Waals surface area contributed by atoms with E-state index in [0.29, 0.717) is 22.4 Å². The molecule has 3 amide bonds. The Bertz CT molecular complexity index is 858. The number of nitrogens with one attached hydrogen (secondary N) is 1. The van der Waals surface area contributed by atoms with Crippen molar-refractivity contribution in [2.45, 2.75) is 0 Å². The molecule has 0 saturated heterocycles. The van der Waals surface area contributed by atoms with Crippen LogP contribution in [0.25, 0.3) is 0 Å². The molecule has 0 unspecified atom stereocenters. The zero-order chi connectivity index (χ0) is 17.4. The molecule has 1 heterocycles. The fraction of sp³-hybridized carbons (Fsp3) is 0.167. The predicted octanol–water partition coefficient (Wildman–Crippen LogP) is 2.23. The first kappa shape index (κ1) is 15.7. The summed E-state index contributed by atoms with van der Waals surface area (Å²) in [7, 11) is 5.24. The number of imide groups is 1. The van der Waals surface area contributed by atoms with E-state index in [1.807, 2.05) is 31.1 Å². The molecule has 0 spiro atoms. The zero-order valence-electron chi connectivity index (χ0n) is 13.7. The van der Waals surface area contributed by atoms with Gasteiger partial charge in [-0.15, -0.1) is 0 Å². The molecular formula is C18H17N3O3. The lowest BCUT2D eigenvalue weighted by Gasteiger charge is -2.13. The van der Waals surface area contributed by atoms with Crippen LogP contribution < -0.4 is 10.2 Å². The van der Waals surface area contributed by atoms with Gasteiger partial charge in [-0.1, -0.05) is 6.07 Å². The average molecular weight is 323 g/mol. The third kappa shape index (κ3) is 2.62. The number of benzene rings is 2. The van der Waals surface area contributed by atoms with Gasteiger partial charge in [-0.05, 0) is 36.4 Å². The second-order valence-corrected chi connectivity index (χ2v) is 5.83. The van der Waals surface area contributed by atoms with Gasteiger partial charge < -0.3 is 10.2 Å². The first-order valence-electron chi connectivity index (χ1n) is 7.43. The third-order valence-corrected chi connectivity index (χ3v) is 3.97. The minimum Gasteiger partial charge on any atom is -0.378 e. The Morgan fingerprint density at radius 3 is 2.42 bits per heavy atom. The summed E-state index contributed by atoms with van der Waals surface area (Å²) in [6.07, 6.45) is 0. The molecule has 0 bridgehead atoms. The lowest BCUT2D eigenvalue weighted by molar-refractivity contribution is 0.0692. The SMILES string of the molecule is CN1C(=O)c2ccc(NC(=O)c3cccc(N(C)C)c3)cc2C1=O. The minimum atomic E-state index is -0.360. The monoisotopic (exact) mass is 323 g/mol. The molecule has 122 valence electrons. The number of hydrogen-bond donors (Lipinski definition) is 1. The maximum atomic E-state index is 12.4. The second-order valence-electron chi connectivity index (χ2n) is 5.83. The van der Waals surface area contributed by atoms with Crippen molar-refractivity contribution < 1.29 is 14.4 Å². The van der Waals surface area contributed by atoms with E-state index in [1.165, 1.54) is 13.1 Å². The molecule has 0 fully saturated rings. The molecule has 0 aromatic heterocycles. The van der Waals surface area contributed by atoms with E-state index in [0.717, 1.165) is 10.6 Å². The van der Waals surface area contributed by atoms with Crippen LogP contribution in [0.15, 0.2) is 42.5 Å². The lowest BCUT2D eigenvalue weighted by Crippen LogP contribution is -2.24. The van der Waals surface area contributed by atoms with Crippen molar-refractivity contribution >= 4 is 29.1 Å². The Labute approximate surface area is 139 Å². The van der Waals surface area contributed by atoms with Crippen LogP contribution in [-0.2, 0) is 0 Å². The minimum absolute atomic E-state index is 0.274. The predicted molar refractivity (Wildman–Crippen MR) is 91.6 cm³/mol. The molecule has 3 rings (SSSR count). The number of anilines is 2. The highest BCUT2D eigenvalue weighted by Crippen LogP contribution is 2.25. The van der Waals surface area contributed by atoms with Crippen LogP contribution >= 0.6 is 0 Å². The number of fused-ring (bicyclic) bond motifs is 1. The second kappa shape index (κ2) is 5.81. The largest absolute Gasteiger partial charge is 0.378 e. The Balaban J connectivity index is 1.85. The van der Waals surface area contributed by atoms with Gasteiger partial charge in [0.2, 0.25) is 0 Å². The van der Waals surface area contributed by atoms with Crippen LogP contribution in [0.4, 0.5) is 11.4 Å². The number of carbonyl (C=O) groups excluding carboxylic acids is 3. The summed E-state index contributed by atoms with van der Waals surface area (Å²) >= 11 is 0. The molecule has 0 radical (unpaired) electrons. The number of amides is 3. The van der Waals surface area contributed by atoms with Gasteiger partial charge in [-0.2, -0.15) is 0 Å². The van der Waals surface area contributed by atoms with E-state index >= 15 is 0 Å². The quantitative estimate of drug-likeness (QED) is 0.880. The van der Waals surface area contributed by atoms with Crippen LogP contribution in [0.2, 0.25) is 0 Å². The molecule has 0 atom stereocenters. The maximum Gasteiger partial charge on any atom is 0.261 e. The highest BCUT2D eigenvalue weighted by atomic mass is 16.2. The molecule has 6 heteroatoms. The molecular weight excluding hydrogens is 306 g/mol. The highest BCUT2D eigenvalue weighted by Gasteiger charge is 2.32. The first-order valence-corrected chi connectivity index (χ1v) is 7.43. The zero-order valence-corrected chi connectivity index (χ0v) is 13.7. The Morgan fingerprint density at radius 2 is 1.71 bits per heavy atom. The Kier molecular flexibility index (Phi) is 3.81. The van der Waals surface area contributed by atoms with Gasteiger partial charge in [0.15, 0.2) is 0 Å².